The molecule has 2 aromatic carbocycles. The quantitative estimate of drug-likeness (QED) is 0.517. The lowest BCUT2D eigenvalue weighted by molar-refractivity contribution is -0.382. The number of rotatable bonds is 5. The van der Waals surface area contributed by atoms with Crippen LogP contribution in [0.5, 0.6) is 0 Å². The van der Waals surface area contributed by atoms with Gasteiger partial charge in [-0.1, -0.05) is 12.1 Å². The van der Waals surface area contributed by atoms with Crippen molar-refractivity contribution in [1.82, 2.24) is 10.3 Å². The average Bonchev–Trinajstić information content (AvgIpc) is 3.00. The van der Waals surface area contributed by atoms with E-state index in [2.05, 4.69) is 20.3 Å². The molecule has 0 aliphatic carbocycles. The molecule has 0 bridgehead atoms. The molecule has 124 valence electrons. The van der Waals surface area contributed by atoms with Gasteiger partial charge in [0.05, 0.1) is 9.82 Å². The van der Waals surface area contributed by atoms with Crippen LogP contribution in [0.1, 0.15) is 5.56 Å². The Hall–Kier alpha value is -3.05. The van der Waals surface area contributed by atoms with E-state index in [1.807, 2.05) is 0 Å². The third kappa shape index (κ3) is 3.02. The predicted octanol–water partition coefficient (Wildman–Crippen LogP) is 1.39. The number of nitrogens with zero attached hydrogens (tertiary/aromatic N) is 3. The molecule has 0 fully saturated rings. The third-order valence-electron chi connectivity index (χ3n) is 3.32. The Kier molecular flexibility index (Phi) is 3.87. The first kappa shape index (κ1) is 15.8. The van der Waals surface area contributed by atoms with E-state index in [0.29, 0.717) is 0 Å². The molecule has 1 aromatic heterocycles. The number of nitrogens with one attached hydrogen (secondary N) is 1. The van der Waals surface area contributed by atoms with Gasteiger partial charge in [-0.25, -0.2) is 18.2 Å². The van der Waals surface area contributed by atoms with E-state index in [1.54, 1.807) is 18.2 Å². The Bertz CT molecular complexity index is 1010. The van der Waals surface area contributed by atoms with Gasteiger partial charge in [0.25, 0.3) is 0 Å². The van der Waals surface area contributed by atoms with E-state index in [9.17, 15) is 18.5 Å². The molecular weight excluding hydrogens is 338 g/mol. The smallest absolute Gasteiger partial charge is 0.323 e. The largest absolute Gasteiger partial charge is 0.375 e. The van der Waals surface area contributed by atoms with Gasteiger partial charge in [0, 0.05) is 6.54 Å². The van der Waals surface area contributed by atoms with Crippen molar-refractivity contribution < 1.29 is 18.0 Å². The Balaban J connectivity index is 1.85. The number of hydrogen-bond donors (Lipinski definition) is 2. The zero-order chi connectivity index (χ0) is 17.3. The fourth-order valence-corrected chi connectivity index (χ4v) is 2.68. The maximum Gasteiger partial charge on any atom is 0.323 e. The number of nitrogens with two attached hydrogens (primary N) is 1. The summed E-state index contributed by atoms with van der Waals surface area (Å²) >= 11 is 0. The molecule has 0 amide bonds. The second-order valence-corrected chi connectivity index (χ2v) is 6.45. The van der Waals surface area contributed by atoms with Crippen molar-refractivity contribution in [2.24, 2.45) is 5.14 Å². The van der Waals surface area contributed by atoms with Gasteiger partial charge in [0.1, 0.15) is 11.2 Å². The number of benzene rings is 2. The molecule has 0 aliphatic heterocycles. The van der Waals surface area contributed by atoms with Crippen LogP contribution in [-0.4, -0.2) is 23.7 Å². The molecule has 11 heteroatoms. The maximum atomic E-state index is 11.3. The summed E-state index contributed by atoms with van der Waals surface area (Å²) in [5.74, 6) is 0. The van der Waals surface area contributed by atoms with E-state index < -0.39 is 14.9 Å². The summed E-state index contributed by atoms with van der Waals surface area (Å²) in [6.45, 7) is 0.239. The van der Waals surface area contributed by atoms with Crippen LogP contribution in [0.3, 0.4) is 0 Å². The van der Waals surface area contributed by atoms with Crippen molar-refractivity contribution in [3.63, 3.8) is 0 Å². The Morgan fingerprint density at radius 1 is 1.17 bits per heavy atom. The molecule has 0 saturated heterocycles. The van der Waals surface area contributed by atoms with Crippen LogP contribution in [0.15, 0.2) is 45.9 Å². The lowest BCUT2D eigenvalue weighted by atomic mass is 10.2. The maximum absolute atomic E-state index is 11.3. The molecule has 0 saturated carbocycles. The number of nitro groups is 1. The molecule has 3 N–H and O–H groups in total. The van der Waals surface area contributed by atoms with Crippen LogP contribution in [0.2, 0.25) is 0 Å². The first-order chi connectivity index (χ1) is 11.4. The van der Waals surface area contributed by atoms with Crippen LogP contribution in [0.25, 0.3) is 11.0 Å². The molecule has 1 heterocycles. The van der Waals surface area contributed by atoms with Gasteiger partial charge in [-0.3, -0.25) is 10.1 Å². The van der Waals surface area contributed by atoms with E-state index in [1.165, 1.54) is 18.2 Å². The number of hydrogen-bond acceptors (Lipinski definition) is 8. The molecule has 0 radical (unpaired) electrons. The molecular formula is C13H11N5O5S. The zero-order valence-electron chi connectivity index (χ0n) is 12.0. The summed E-state index contributed by atoms with van der Waals surface area (Å²) in [6, 6.07) is 8.91. The fourth-order valence-electron chi connectivity index (χ4n) is 2.16. The van der Waals surface area contributed by atoms with Crippen LogP contribution in [0, 0.1) is 10.1 Å². The van der Waals surface area contributed by atoms with Crippen molar-refractivity contribution in [2.45, 2.75) is 11.4 Å². The number of aromatic nitrogens is 2. The summed E-state index contributed by atoms with van der Waals surface area (Å²) in [4.78, 5) is 10.7. The van der Waals surface area contributed by atoms with Gasteiger partial charge < -0.3 is 5.32 Å². The van der Waals surface area contributed by atoms with E-state index in [-0.39, 0.29) is 33.8 Å². The molecule has 3 rings (SSSR count). The van der Waals surface area contributed by atoms with E-state index in [0.717, 1.165) is 5.56 Å². The van der Waals surface area contributed by atoms with Gasteiger partial charge in [-0.05, 0) is 40.1 Å². The molecule has 0 unspecified atom stereocenters. The van der Waals surface area contributed by atoms with Gasteiger partial charge >= 0.3 is 5.69 Å². The Morgan fingerprint density at radius 2 is 1.88 bits per heavy atom. The van der Waals surface area contributed by atoms with Gasteiger partial charge in [0.2, 0.25) is 15.5 Å². The minimum absolute atomic E-state index is 0.00711. The van der Waals surface area contributed by atoms with Crippen molar-refractivity contribution in [3.8, 4) is 0 Å². The predicted molar refractivity (Wildman–Crippen MR) is 83.6 cm³/mol. The molecule has 3 aromatic rings. The van der Waals surface area contributed by atoms with Crippen molar-refractivity contribution in [3.05, 3.63) is 52.1 Å². The number of nitro benzene ring substituents is 1. The number of anilines is 1. The summed E-state index contributed by atoms with van der Waals surface area (Å²) < 4.78 is 26.9. The molecule has 0 spiro atoms. The second kappa shape index (κ2) is 5.86. The van der Waals surface area contributed by atoms with Crippen molar-refractivity contribution in [1.29, 1.82) is 0 Å². The molecule has 0 aliphatic rings. The summed E-state index contributed by atoms with van der Waals surface area (Å²) in [5, 5.41) is 26.3. The lowest BCUT2D eigenvalue weighted by Crippen LogP contribution is -2.12. The highest BCUT2D eigenvalue weighted by atomic mass is 32.2. The SMILES string of the molecule is NS(=O)(=O)c1ccc(CNc2ccc3nonc3c2[N+](=O)[O-])cc1. The summed E-state index contributed by atoms with van der Waals surface area (Å²) in [6.07, 6.45) is 0. The van der Waals surface area contributed by atoms with Gasteiger partial charge in [-0.2, -0.15) is 0 Å². The Labute approximate surface area is 135 Å². The standard InChI is InChI=1S/C13H11N5O5S/c14-24(21,22)9-3-1-8(2-4-9)7-15-11-6-5-10-12(17-23-16-10)13(11)18(19)20/h1-6,15H,7H2,(H2,14,21,22). The number of primary sulfonamides is 1. The number of fused-ring (bicyclic) bond motifs is 1. The highest BCUT2D eigenvalue weighted by Crippen LogP contribution is 2.31. The molecule has 10 nitrogen and oxygen atoms in total. The highest BCUT2D eigenvalue weighted by Gasteiger charge is 2.22. The Morgan fingerprint density at radius 3 is 2.50 bits per heavy atom. The third-order valence-corrected chi connectivity index (χ3v) is 4.25. The first-order valence-corrected chi connectivity index (χ1v) is 8.16. The van der Waals surface area contributed by atoms with Crippen LogP contribution >= 0.6 is 0 Å². The second-order valence-electron chi connectivity index (χ2n) is 4.89. The fraction of sp³-hybridized carbons (Fsp3) is 0.0769. The van der Waals surface area contributed by atoms with Crippen LogP contribution in [-0.2, 0) is 16.6 Å². The van der Waals surface area contributed by atoms with E-state index in [4.69, 9.17) is 5.14 Å². The first-order valence-electron chi connectivity index (χ1n) is 6.61. The van der Waals surface area contributed by atoms with Gasteiger partial charge in [-0.15, -0.1) is 0 Å². The van der Waals surface area contributed by atoms with Crippen LogP contribution in [0.4, 0.5) is 11.4 Å². The topological polar surface area (TPSA) is 154 Å². The minimum atomic E-state index is -3.76. The zero-order valence-corrected chi connectivity index (χ0v) is 12.9. The van der Waals surface area contributed by atoms with Gasteiger partial charge in [0.15, 0.2) is 0 Å². The summed E-state index contributed by atoms with van der Waals surface area (Å²) in [5.41, 5.74) is 1.06. The average molecular weight is 349 g/mol. The van der Waals surface area contributed by atoms with Crippen molar-refractivity contribution >= 4 is 32.4 Å². The van der Waals surface area contributed by atoms with Crippen LogP contribution < -0.4 is 10.5 Å². The molecule has 0 atom stereocenters. The minimum Gasteiger partial charge on any atom is -0.375 e. The highest BCUT2D eigenvalue weighted by molar-refractivity contribution is 7.89. The monoisotopic (exact) mass is 349 g/mol. The van der Waals surface area contributed by atoms with Crippen molar-refractivity contribution in [2.75, 3.05) is 5.32 Å². The molecule has 24 heavy (non-hydrogen) atoms. The number of sulfonamides is 1. The lowest BCUT2D eigenvalue weighted by Gasteiger charge is -2.07. The normalized spacial score (nSPS) is 11.5. The summed E-state index contributed by atoms with van der Waals surface area (Å²) in [7, 11) is -3.76. The van der Waals surface area contributed by atoms with E-state index >= 15 is 0 Å².